The third-order valence-electron chi connectivity index (χ3n) is 7.26. The Bertz CT molecular complexity index is 1490. The second-order valence-corrected chi connectivity index (χ2v) is 10.6. The van der Waals surface area contributed by atoms with Crippen LogP contribution in [0, 0.1) is 13.8 Å². The van der Waals surface area contributed by atoms with Gasteiger partial charge in [0, 0.05) is 42.9 Å². The smallest absolute Gasteiger partial charge is 0.266 e. The summed E-state index contributed by atoms with van der Waals surface area (Å²) in [7, 11) is 0. The van der Waals surface area contributed by atoms with Gasteiger partial charge in [0.25, 0.3) is 11.5 Å². The van der Waals surface area contributed by atoms with Crippen LogP contribution in [-0.2, 0) is 12.8 Å². The Labute approximate surface area is 202 Å². The molecule has 0 saturated carbocycles. The third-order valence-corrected chi connectivity index (χ3v) is 8.45. The lowest BCUT2D eigenvalue weighted by atomic mass is 9.97. The first-order chi connectivity index (χ1) is 16.5. The van der Waals surface area contributed by atoms with Gasteiger partial charge in [-0.3, -0.25) is 14.0 Å². The van der Waals surface area contributed by atoms with Crippen molar-refractivity contribution in [3.05, 3.63) is 74.0 Å². The molecule has 1 aromatic carbocycles. The van der Waals surface area contributed by atoms with E-state index in [-0.39, 0.29) is 11.5 Å². The van der Waals surface area contributed by atoms with Gasteiger partial charge in [-0.2, -0.15) is 0 Å². The summed E-state index contributed by atoms with van der Waals surface area (Å²) in [5.41, 5.74) is 5.85. The number of carbonyl (C=O) groups is 1. The maximum atomic E-state index is 13.6. The maximum absolute atomic E-state index is 13.6. The monoisotopic (exact) mass is 472 g/mol. The minimum absolute atomic E-state index is 0.0474. The van der Waals surface area contributed by atoms with E-state index in [1.807, 2.05) is 4.90 Å². The van der Waals surface area contributed by atoms with Crippen LogP contribution in [0.3, 0.4) is 0 Å². The lowest BCUT2D eigenvalue weighted by Crippen LogP contribution is -2.49. The summed E-state index contributed by atoms with van der Waals surface area (Å²) in [4.78, 5) is 38.2. The normalized spacial score (nSPS) is 16.3. The topological polar surface area (TPSA) is 57.9 Å². The zero-order valence-electron chi connectivity index (χ0n) is 19.6. The molecule has 0 atom stereocenters. The first-order valence-electron chi connectivity index (χ1n) is 12.1. The van der Waals surface area contributed by atoms with Gasteiger partial charge >= 0.3 is 0 Å². The first kappa shape index (κ1) is 21.4. The van der Waals surface area contributed by atoms with E-state index in [0.717, 1.165) is 42.6 Å². The Morgan fingerprint density at radius 2 is 1.82 bits per heavy atom. The van der Waals surface area contributed by atoms with Crippen LogP contribution in [0.1, 0.15) is 44.8 Å². The predicted molar refractivity (Wildman–Crippen MR) is 138 cm³/mol. The molecule has 4 aromatic rings. The number of hydrogen-bond acceptors (Lipinski definition) is 5. The van der Waals surface area contributed by atoms with Crippen molar-refractivity contribution in [1.82, 2.24) is 14.3 Å². The van der Waals surface area contributed by atoms with Crippen molar-refractivity contribution in [3.8, 4) is 0 Å². The van der Waals surface area contributed by atoms with Crippen LogP contribution < -0.4 is 10.5 Å². The Kier molecular flexibility index (Phi) is 5.17. The number of piperazine rings is 1. The summed E-state index contributed by atoms with van der Waals surface area (Å²) < 4.78 is 1.57. The molecule has 0 N–H and O–H groups in total. The lowest BCUT2D eigenvalue weighted by Gasteiger charge is -2.37. The molecule has 34 heavy (non-hydrogen) atoms. The average Bonchev–Trinajstić information content (AvgIpc) is 3.24. The molecule has 1 aliphatic heterocycles. The number of carbonyl (C=O) groups excluding carboxylic acids is 1. The largest absolute Gasteiger partial charge is 0.368 e. The number of amides is 1. The second kappa shape index (κ2) is 8.24. The highest BCUT2D eigenvalue weighted by Crippen LogP contribution is 2.34. The molecule has 1 fully saturated rings. The molecule has 1 aliphatic carbocycles. The SMILES string of the molecule is Cc1ccc(C)c(N2CCN(C(=O)c3cccn4c(=O)c5c6c(sc5nc34)CCCC6)CC2)c1. The van der Waals surface area contributed by atoms with Crippen LogP contribution in [0.5, 0.6) is 0 Å². The van der Waals surface area contributed by atoms with Gasteiger partial charge in [0.1, 0.15) is 4.83 Å². The van der Waals surface area contributed by atoms with Crippen molar-refractivity contribution in [1.29, 1.82) is 0 Å². The fourth-order valence-electron chi connectivity index (χ4n) is 5.39. The number of fused-ring (bicyclic) bond motifs is 4. The van der Waals surface area contributed by atoms with Gasteiger partial charge in [0.2, 0.25) is 0 Å². The van der Waals surface area contributed by atoms with Crippen LogP contribution in [0.2, 0.25) is 0 Å². The maximum Gasteiger partial charge on any atom is 0.266 e. The minimum Gasteiger partial charge on any atom is -0.368 e. The van der Waals surface area contributed by atoms with E-state index in [2.05, 4.69) is 36.9 Å². The van der Waals surface area contributed by atoms with Gasteiger partial charge in [-0.05, 0) is 74.4 Å². The molecule has 174 valence electrons. The van der Waals surface area contributed by atoms with Crippen molar-refractivity contribution < 1.29 is 4.79 Å². The molecule has 2 aliphatic rings. The summed E-state index contributed by atoms with van der Waals surface area (Å²) in [6.07, 6.45) is 5.99. The van der Waals surface area contributed by atoms with Crippen LogP contribution in [-0.4, -0.2) is 46.4 Å². The lowest BCUT2D eigenvalue weighted by molar-refractivity contribution is 0.0748. The van der Waals surface area contributed by atoms with E-state index in [0.29, 0.717) is 24.3 Å². The van der Waals surface area contributed by atoms with Gasteiger partial charge in [-0.1, -0.05) is 12.1 Å². The van der Waals surface area contributed by atoms with Crippen LogP contribution in [0.25, 0.3) is 15.9 Å². The van der Waals surface area contributed by atoms with Crippen LogP contribution in [0.4, 0.5) is 5.69 Å². The van der Waals surface area contributed by atoms with Crippen molar-refractivity contribution in [3.63, 3.8) is 0 Å². The van der Waals surface area contributed by atoms with Gasteiger partial charge in [0.15, 0.2) is 5.65 Å². The Hall–Kier alpha value is -3.19. The van der Waals surface area contributed by atoms with Crippen LogP contribution >= 0.6 is 11.3 Å². The zero-order chi connectivity index (χ0) is 23.4. The number of nitrogens with zero attached hydrogens (tertiary/aromatic N) is 4. The molecule has 1 amide bonds. The highest BCUT2D eigenvalue weighted by Gasteiger charge is 2.26. The van der Waals surface area contributed by atoms with E-state index in [1.165, 1.54) is 33.7 Å². The van der Waals surface area contributed by atoms with Gasteiger partial charge in [-0.25, -0.2) is 4.98 Å². The van der Waals surface area contributed by atoms with Gasteiger partial charge < -0.3 is 9.80 Å². The molecule has 0 bridgehead atoms. The molecular weight excluding hydrogens is 444 g/mol. The number of rotatable bonds is 2. The number of aromatic nitrogens is 2. The average molecular weight is 473 g/mol. The fraction of sp³-hybridized carbons (Fsp3) is 0.370. The number of aryl methyl sites for hydroxylation is 4. The summed E-state index contributed by atoms with van der Waals surface area (Å²) in [6.45, 7) is 7.11. The molecule has 0 radical (unpaired) electrons. The second-order valence-electron chi connectivity index (χ2n) is 9.49. The van der Waals surface area contributed by atoms with Gasteiger partial charge in [0.05, 0.1) is 10.9 Å². The van der Waals surface area contributed by atoms with Crippen molar-refractivity contribution in [2.24, 2.45) is 0 Å². The van der Waals surface area contributed by atoms with E-state index in [1.54, 1.807) is 34.1 Å². The molecular formula is C27H28N4O2S. The highest BCUT2D eigenvalue weighted by molar-refractivity contribution is 7.18. The quantitative estimate of drug-likeness (QED) is 0.435. The number of hydrogen-bond donors (Lipinski definition) is 0. The van der Waals surface area contributed by atoms with Crippen LogP contribution in [0.15, 0.2) is 41.3 Å². The fourth-order valence-corrected chi connectivity index (χ4v) is 6.65. The van der Waals surface area contributed by atoms with Crippen molar-refractivity contribution in [2.75, 3.05) is 31.1 Å². The van der Waals surface area contributed by atoms with Gasteiger partial charge in [-0.15, -0.1) is 11.3 Å². The zero-order valence-corrected chi connectivity index (χ0v) is 20.5. The Balaban J connectivity index is 1.32. The molecule has 6 rings (SSSR count). The Morgan fingerprint density at radius 1 is 1.03 bits per heavy atom. The van der Waals surface area contributed by atoms with Crippen molar-refractivity contribution >= 4 is 38.8 Å². The first-order valence-corrected chi connectivity index (χ1v) is 12.9. The predicted octanol–water partition coefficient (Wildman–Crippen LogP) is 4.37. The van der Waals surface area contributed by atoms with E-state index < -0.39 is 0 Å². The highest BCUT2D eigenvalue weighted by atomic mass is 32.1. The molecule has 4 heterocycles. The number of benzene rings is 1. The Morgan fingerprint density at radius 3 is 2.65 bits per heavy atom. The molecule has 3 aromatic heterocycles. The molecule has 7 heteroatoms. The minimum atomic E-state index is -0.0497. The standard InChI is InChI=1S/C27H28N4O2S/c1-17-9-10-18(2)21(16-17)29-12-14-30(15-13-29)26(32)20-7-5-11-31-24(20)28-25-23(27(31)33)19-6-3-4-8-22(19)34-25/h5,7,9-11,16H,3-4,6,8,12-15H2,1-2H3. The summed E-state index contributed by atoms with van der Waals surface area (Å²) in [5, 5.41) is 0.754. The number of pyridine rings is 1. The van der Waals surface area contributed by atoms with Crippen molar-refractivity contribution in [2.45, 2.75) is 39.5 Å². The summed E-state index contributed by atoms with van der Waals surface area (Å²) in [6, 6.07) is 10.1. The van der Waals surface area contributed by atoms with E-state index in [9.17, 15) is 9.59 Å². The number of anilines is 1. The third kappa shape index (κ3) is 3.41. The molecule has 1 saturated heterocycles. The molecule has 6 nitrogen and oxygen atoms in total. The van der Waals surface area contributed by atoms with E-state index >= 15 is 0 Å². The summed E-state index contributed by atoms with van der Waals surface area (Å²) >= 11 is 1.63. The summed E-state index contributed by atoms with van der Waals surface area (Å²) in [5.74, 6) is -0.0497. The molecule has 0 unspecified atom stereocenters. The van der Waals surface area contributed by atoms with E-state index in [4.69, 9.17) is 4.98 Å². The molecule has 0 spiro atoms. The number of thiophene rings is 1.